The Kier molecular flexibility index (Phi) is 27.5. The molecule has 0 aromatic carbocycles. The predicted octanol–water partition coefficient (Wildman–Crippen LogP) is 13.0. The Hall–Kier alpha value is -1.10. The molecule has 0 aliphatic rings. The van der Waals surface area contributed by atoms with Gasteiger partial charge in [0.1, 0.15) is 12.2 Å². The maximum Gasteiger partial charge on any atom is 0.324 e. The fourth-order valence-corrected chi connectivity index (χ4v) is 6.00. The van der Waals surface area contributed by atoms with Crippen LogP contribution in [-0.2, 0) is 0 Å². The summed E-state index contributed by atoms with van der Waals surface area (Å²) in [6, 6.07) is 0.657. The van der Waals surface area contributed by atoms with Gasteiger partial charge in [0, 0.05) is 0 Å². The molecule has 252 valence electrons. The molecule has 6 heteroatoms. The van der Waals surface area contributed by atoms with Crippen LogP contribution in [0.2, 0.25) is 5.28 Å². The highest BCUT2D eigenvalue weighted by Gasteiger charge is 2.18. The Balaban J connectivity index is 2.76. The summed E-state index contributed by atoms with van der Waals surface area (Å²) in [6.45, 7) is 9.09. The second-order valence-corrected chi connectivity index (χ2v) is 13.2. The Morgan fingerprint density at radius 2 is 0.651 bits per heavy atom. The van der Waals surface area contributed by atoms with E-state index in [1.807, 2.05) is 0 Å². The van der Waals surface area contributed by atoms with Crippen molar-refractivity contribution in [1.82, 2.24) is 15.0 Å². The van der Waals surface area contributed by atoms with Crippen molar-refractivity contribution in [2.45, 2.75) is 220 Å². The minimum atomic E-state index is 0.116. The van der Waals surface area contributed by atoms with Crippen LogP contribution in [0.15, 0.2) is 0 Å². The molecule has 0 spiro atoms. The fourth-order valence-electron chi connectivity index (χ4n) is 5.85. The minimum Gasteiger partial charge on any atom is -0.460 e. The van der Waals surface area contributed by atoms with E-state index in [9.17, 15) is 0 Å². The molecule has 43 heavy (non-hydrogen) atoms. The number of ether oxygens (including phenoxy) is 2. The SMILES string of the molecule is CCCCCCCCC(CCCCCCCC)Oc1nc(Cl)nc(OC(CCCCCCCC)CCCCCCCC)n1. The second-order valence-electron chi connectivity index (χ2n) is 12.9. The van der Waals surface area contributed by atoms with Crippen molar-refractivity contribution in [1.29, 1.82) is 0 Å². The zero-order valence-electron chi connectivity index (χ0n) is 29.0. The minimum absolute atomic E-state index is 0.116. The number of aromatic nitrogens is 3. The zero-order valence-corrected chi connectivity index (χ0v) is 29.7. The van der Waals surface area contributed by atoms with Crippen LogP contribution in [0, 0.1) is 0 Å². The third-order valence-corrected chi connectivity index (χ3v) is 8.80. The summed E-state index contributed by atoms with van der Waals surface area (Å²) in [6.07, 6.45) is 35.3. The average molecular weight is 624 g/mol. The lowest BCUT2D eigenvalue weighted by Gasteiger charge is -2.20. The van der Waals surface area contributed by atoms with Crippen LogP contribution in [0.3, 0.4) is 0 Å². The standard InChI is InChI=1S/C37H70ClN3O2/c1-5-9-13-17-21-25-29-33(30-26-22-18-14-10-6-2)42-36-39-35(38)40-37(41-36)43-34(31-27-23-19-15-11-7-3)32-28-24-20-16-12-8-4/h33-34H,5-32H2,1-4H3. The molecule has 0 unspecified atom stereocenters. The van der Waals surface area contributed by atoms with Crippen molar-refractivity contribution in [3.8, 4) is 12.0 Å². The van der Waals surface area contributed by atoms with Crippen LogP contribution in [0.25, 0.3) is 0 Å². The number of unbranched alkanes of at least 4 members (excludes halogenated alkanes) is 20. The Bertz CT molecular complexity index is 648. The highest BCUT2D eigenvalue weighted by molar-refractivity contribution is 6.28. The normalized spacial score (nSPS) is 11.6. The van der Waals surface area contributed by atoms with E-state index in [1.54, 1.807) is 0 Å². The second kappa shape index (κ2) is 29.6. The van der Waals surface area contributed by atoms with E-state index < -0.39 is 0 Å². The molecule has 0 amide bonds. The summed E-state index contributed by atoms with van der Waals surface area (Å²) in [5.74, 6) is 0. The van der Waals surface area contributed by atoms with Crippen LogP contribution < -0.4 is 9.47 Å². The average Bonchev–Trinajstić information content (AvgIpc) is 2.99. The molecule has 0 saturated carbocycles. The smallest absolute Gasteiger partial charge is 0.324 e. The summed E-state index contributed by atoms with van der Waals surface area (Å²) < 4.78 is 12.8. The number of rotatable bonds is 32. The van der Waals surface area contributed by atoms with E-state index in [0.29, 0.717) is 12.0 Å². The van der Waals surface area contributed by atoms with Crippen molar-refractivity contribution >= 4 is 11.6 Å². The molecule has 1 aromatic heterocycles. The summed E-state index contributed by atoms with van der Waals surface area (Å²) >= 11 is 6.40. The highest BCUT2D eigenvalue weighted by atomic mass is 35.5. The first kappa shape index (κ1) is 39.9. The van der Waals surface area contributed by atoms with Gasteiger partial charge in [-0.2, -0.15) is 9.97 Å². The Morgan fingerprint density at radius 1 is 0.395 bits per heavy atom. The van der Waals surface area contributed by atoms with Gasteiger partial charge in [0.15, 0.2) is 0 Å². The van der Waals surface area contributed by atoms with Crippen LogP contribution in [0.5, 0.6) is 12.0 Å². The Labute approximate surface area is 272 Å². The molecule has 0 saturated heterocycles. The molecule has 0 N–H and O–H groups in total. The molecule has 1 heterocycles. The van der Waals surface area contributed by atoms with Crippen molar-refractivity contribution in [3.05, 3.63) is 5.28 Å². The third-order valence-electron chi connectivity index (χ3n) is 8.63. The zero-order chi connectivity index (χ0) is 31.2. The summed E-state index contributed by atoms with van der Waals surface area (Å²) in [5.41, 5.74) is 0. The molecular formula is C37H70ClN3O2. The number of nitrogens with zero attached hydrogens (tertiary/aromatic N) is 3. The predicted molar refractivity (Wildman–Crippen MR) is 186 cm³/mol. The number of hydrogen-bond acceptors (Lipinski definition) is 5. The molecular weight excluding hydrogens is 554 g/mol. The van der Waals surface area contributed by atoms with Gasteiger partial charge >= 0.3 is 12.0 Å². The highest BCUT2D eigenvalue weighted by Crippen LogP contribution is 2.23. The molecule has 0 aliphatic heterocycles. The lowest BCUT2D eigenvalue weighted by atomic mass is 10.0. The van der Waals surface area contributed by atoms with Gasteiger partial charge < -0.3 is 9.47 Å². The van der Waals surface area contributed by atoms with Crippen LogP contribution in [0.1, 0.15) is 207 Å². The fraction of sp³-hybridized carbons (Fsp3) is 0.919. The molecule has 0 bridgehead atoms. The summed E-state index contributed by atoms with van der Waals surface area (Å²) in [4.78, 5) is 13.4. The first-order valence-electron chi connectivity index (χ1n) is 18.9. The summed E-state index contributed by atoms with van der Waals surface area (Å²) in [5, 5.41) is 0.163. The van der Waals surface area contributed by atoms with Gasteiger partial charge in [-0.1, -0.05) is 156 Å². The lowest BCUT2D eigenvalue weighted by Crippen LogP contribution is -2.21. The van der Waals surface area contributed by atoms with Crippen molar-refractivity contribution < 1.29 is 9.47 Å². The Morgan fingerprint density at radius 3 is 0.930 bits per heavy atom. The maximum atomic E-state index is 6.42. The van der Waals surface area contributed by atoms with Gasteiger partial charge in [-0.05, 0) is 63.0 Å². The van der Waals surface area contributed by atoms with Gasteiger partial charge in [-0.3, -0.25) is 0 Å². The van der Waals surface area contributed by atoms with E-state index in [2.05, 4.69) is 42.6 Å². The van der Waals surface area contributed by atoms with Crippen LogP contribution in [0.4, 0.5) is 0 Å². The molecule has 0 fully saturated rings. The molecule has 5 nitrogen and oxygen atoms in total. The summed E-state index contributed by atoms with van der Waals surface area (Å²) in [7, 11) is 0. The van der Waals surface area contributed by atoms with Crippen LogP contribution >= 0.6 is 11.6 Å². The molecule has 0 atom stereocenters. The monoisotopic (exact) mass is 624 g/mol. The van der Waals surface area contributed by atoms with E-state index in [4.69, 9.17) is 21.1 Å². The maximum absolute atomic E-state index is 6.42. The molecule has 1 rings (SSSR count). The van der Waals surface area contributed by atoms with E-state index >= 15 is 0 Å². The third kappa shape index (κ3) is 23.9. The van der Waals surface area contributed by atoms with Gasteiger partial charge in [0.05, 0.1) is 0 Å². The van der Waals surface area contributed by atoms with Crippen molar-refractivity contribution in [2.75, 3.05) is 0 Å². The van der Waals surface area contributed by atoms with Crippen LogP contribution in [-0.4, -0.2) is 27.2 Å². The molecule has 1 aromatic rings. The first-order chi connectivity index (χ1) is 21.1. The molecule has 0 radical (unpaired) electrons. The molecule has 0 aliphatic carbocycles. The first-order valence-corrected chi connectivity index (χ1v) is 19.2. The quantitative estimate of drug-likeness (QED) is 0.0747. The van der Waals surface area contributed by atoms with Gasteiger partial charge in [-0.25, -0.2) is 0 Å². The van der Waals surface area contributed by atoms with Crippen molar-refractivity contribution in [2.24, 2.45) is 0 Å². The van der Waals surface area contributed by atoms with Crippen molar-refractivity contribution in [3.63, 3.8) is 0 Å². The number of halogens is 1. The largest absolute Gasteiger partial charge is 0.460 e. The topological polar surface area (TPSA) is 57.1 Å². The van der Waals surface area contributed by atoms with Gasteiger partial charge in [0.2, 0.25) is 5.28 Å². The van der Waals surface area contributed by atoms with Gasteiger partial charge in [0.25, 0.3) is 0 Å². The van der Waals surface area contributed by atoms with E-state index in [0.717, 1.165) is 25.7 Å². The number of hydrogen-bond donors (Lipinski definition) is 0. The van der Waals surface area contributed by atoms with Gasteiger partial charge in [-0.15, -0.1) is 4.98 Å². The van der Waals surface area contributed by atoms with E-state index in [-0.39, 0.29) is 17.5 Å². The lowest BCUT2D eigenvalue weighted by molar-refractivity contribution is 0.138. The van der Waals surface area contributed by atoms with E-state index in [1.165, 1.54) is 154 Å².